The third-order valence-corrected chi connectivity index (χ3v) is 4.18. The van der Waals surface area contributed by atoms with Gasteiger partial charge in [0.15, 0.2) is 0 Å². The number of amides is 1. The maximum absolute atomic E-state index is 12.0. The summed E-state index contributed by atoms with van der Waals surface area (Å²) < 4.78 is 5.39. The molecule has 0 unspecified atom stereocenters. The van der Waals surface area contributed by atoms with Crippen LogP contribution in [0.25, 0.3) is 0 Å². The lowest BCUT2D eigenvalue weighted by molar-refractivity contribution is 0.0218. The highest BCUT2D eigenvalue weighted by molar-refractivity contribution is 5.68. The number of carbonyl (C=O) groups excluding carboxylic acids is 1. The van der Waals surface area contributed by atoms with Crippen LogP contribution < -0.4 is 0 Å². The summed E-state index contributed by atoms with van der Waals surface area (Å²) in [4.78, 5) is 16.1. The first-order valence-corrected chi connectivity index (χ1v) is 7.09. The van der Waals surface area contributed by atoms with E-state index in [2.05, 4.69) is 4.90 Å². The molecule has 0 bridgehead atoms. The molecular weight excluding hydrogens is 244 g/mol. The monoisotopic (exact) mass is 270 g/mol. The summed E-state index contributed by atoms with van der Waals surface area (Å²) in [7, 11) is 1.81. The molecule has 0 radical (unpaired) electrons. The van der Waals surface area contributed by atoms with Gasteiger partial charge in [0.05, 0.1) is 6.61 Å². The minimum absolute atomic E-state index is 0.0174. The molecule has 1 saturated carbocycles. The van der Waals surface area contributed by atoms with Crippen molar-refractivity contribution in [1.82, 2.24) is 9.80 Å². The van der Waals surface area contributed by atoms with Gasteiger partial charge in [0.2, 0.25) is 0 Å². The SMILES string of the molecule is CN(C(=O)OC(C)(C)C)[C@H]1CCN(C2(CO)CC2)C1. The predicted octanol–water partition coefficient (Wildman–Crippen LogP) is 1.45. The molecule has 0 aromatic heterocycles. The number of hydrogen-bond donors (Lipinski definition) is 1. The summed E-state index contributed by atoms with van der Waals surface area (Å²) in [6, 6.07) is 0.193. The van der Waals surface area contributed by atoms with Crippen molar-refractivity contribution < 1.29 is 14.6 Å². The Kier molecular flexibility index (Phi) is 3.80. The van der Waals surface area contributed by atoms with Gasteiger partial charge in [0, 0.05) is 31.7 Å². The van der Waals surface area contributed by atoms with Gasteiger partial charge >= 0.3 is 6.09 Å². The molecule has 5 heteroatoms. The highest BCUT2D eigenvalue weighted by Gasteiger charge is 2.50. The lowest BCUT2D eigenvalue weighted by Gasteiger charge is -2.30. The standard InChI is InChI=1S/C14H26N2O3/c1-13(2,3)19-12(18)15(4)11-5-8-16(9-11)14(10-17)6-7-14/h11,17H,5-10H2,1-4H3/t11-/m0/s1. The van der Waals surface area contributed by atoms with E-state index >= 15 is 0 Å². The molecule has 2 rings (SSSR count). The Labute approximate surface area is 115 Å². The molecule has 1 aliphatic heterocycles. The third kappa shape index (κ3) is 3.20. The first-order chi connectivity index (χ1) is 8.77. The minimum atomic E-state index is -0.452. The van der Waals surface area contributed by atoms with Crippen LogP contribution in [-0.2, 0) is 4.74 Å². The van der Waals surface area contributed by atoms with E-state index in [0.717, 1.165) is 32.4 Å². The first kappa shape index (κ1) is 14.6. The summed E-state index contributed by atoms with van der Waals surface area (Å²) >= 11 is 0. The Bertz CT molecular complexity index is 347. The smallest absolute Gasteiger partial charge is 0.410 e. The van der Waals surface area contributed by atoms with Crippen molar-refractivity contribution in [2.45, 2.75) is 57.2 Å². The molecule has 0 spiro atoms. The Morgan fingerprint density at radius 3 is 2.58 bits per heavy atom. The summed E-state index contributed by atoms with van der Waals surface area (Å²) in [5.41, 5.74) is -0.435. The van der Waals surface area contributed by atoms with E-state index in [1.165, 1.54) is 0 Å². The Balaban J connectivity index is 1.88. The van der Waals surface area contributed by atoms with Gasteiger partial charge in [0.1, 0.15) is 5.60 Å². The molecule has 5 nitrogen and oxygen atoms in total. The van der Waals surface area contributed by atoms with Gasteiger partial charge in [-0.25, -0.2) is 4.79 Å². The Morgan fingerprint density at radius 1 is 1.47 bits per heavy atom. The maximum atomic E-state index is 12.0. The van der Waals surface area contributed by atoms with Gasteiger partial charge in [-0.2, -0.15) is 0 Å². The molecular formula is C14H26N2O3. The second-order valence-electron chi connectivity index (χ2n) is 6.86. The molecule has 1 heterocycles. The largest absolute Gasteiger partial charge is 0.444 e. The molecule has 2 fully saturated rings. The van der Waals surface area contributed by atoms with Crippen LogP contribution in [0, 0.1) is 0 Å². The average Bonchev–Trinajstić information content (AvgIpc) is 2.96. The van der Waals surface area contributed by atoms with Crippen LogP contribution in [0.4, 0.5) is 4.79 Å². The molecule has 1 atom stereocenters. The van der Waals surface area contributed by atoms with E-state index in [0.29, 0.717) is 0 Å². The molecule has 2 aliphatic rings. The molecule has 1 saturated heterocycles. The van der Waals surface area contributed by atoms with Crippen LogP contribution >= 0.6 is 0 Å². The molecule has 1 N–H and O–H groups in total. The van der Waals surface area contributed by atoms with Crippen molar-refractivity contribution in [1.29, 1.82) is 0 Å². The number of aliphatic hydroxyl groups is 1. The zero-order chi connectivity index (χ0) is 14.3. The van der Waals surface area contributed by atoms with Gasteiger partial charge in [-0.1, -0.05) is 0 Å². The predicted molar refractivity (Wildman–Crippen MR) is 73.0 cm³/mol. The molecule has 0 aromatic carbocycles. The number of ether oxygens (including phenoxy) is 1. The zero-order valence-corrected chi connectivity index (χ0v) is 12.5. The fourth-order valence-electron chi connectivity index (χ4n) is 2.69. The van der Waals surface area contributed by atoms with Gasteiger partial charge in [-0.15, -0.1) is 0 Å². The Morgan fingerprint density at radius 2 is 2.11 bits per heavy atom. The van der Waals surface area contributed by atoms with E-state index in [9.17, 15) is 9.90 Å². The van der Waals surface area contributed by atoms with Crippen LogP contribution in [0.15, 0.2) is 0 Å². The van der Waals surface area contributed by atoms with Gasteiger partial charge in [-0.3, -0.25) is 4.90 Å². The second-order valence-corrected chi connectivity index (χ2v) is 6.86. The number of aliphatic hydroxyl groups excluding tert-OH is 1. The fourth-order valence-corrected chi connectivity index (χ4v) is 2.69. The summed E-state index contributed by atoms with van der Waals surface area (Å²) in [5, 5.41) is 9.46. The highest BCUT2D eigenvalue weighted by atomic mass is 16.6. The number of rotatable bonds is 3. The van der Waals surface area contributed by atoms with Crippen molar-refractivity contribution in [3.05, 3.63) is 0 Å². The van der Waals surface area contributed by atoms with Crippen LogP contribution in [0.3, 0.4) is 0 Å². The van der Waals surface area contributed by atoms with E-state index in [1.807, 2.05) is 20.8 Å². The quantitative estimate of drug-likeness (QED) is 0.843. The number of likely N-dealkylation sites (N-methyl/N-ethyl adjacent to an activating group) is 1. The van der Waals surface area contributed by atoms with Crippen LogP contribution in [0.5, 0.6) is 0 Å². The number of nitrogens with zero attached hydrogens (tertiary/aromatic N) is 2. The van der Waals surface area contributed by atoms with Crippen LogP contribution in [0.2, 0.25) is 0 Å². The molecule has 1 amide bonds. The molecule has 19 heavy (non-hydrogen) atoms. The molecule has 1 aliphatic carbocycles. The summed E-state index contributed by atoms with van der Waals surface area (Å²) in [6.07, 6.45) is 2.85. The third-order valence-electron chi connectivity index (χ3n) is 4.18. The maximum Gasteiger partial charge on any atom is 0.410 e. The van der Waals surface area contributed by atoms with E-state index in [4.69, 9.17) is 4.74 Å². The van der Waals surface area contributed by atoms with Gasteiger partial charge in [0.25, 0.3) is 0 Å². The number of carbonyl (C=O) groups is 1. The van der Waals surface area contributed by atoms with E-state index < -0.39 is 5.60 Å². The normalized spacial score (nSPS) is 26.3. The fraction of sp³-hybridized carbons (Fsp3) is 0.929. The van der Waals surface area contributed by atoms with Gasteiger partial charge < -0.3 is 14.7 Å². The van der Waals surface area contributed by atoms with Crippen molar-refractivity contribution in [3.63, 3.8) is 0 Å². The molecule has 0 aromatic rings. The number of likely N-dealkylation sites (tertiary alicyclic amines) is 1. The average molecular weight is 270 g/mol. The van der Waals surface area contributed by atoms with Crippen molar-refractivity contribution in [3.8, 4) is 0 Å². The first-order valence-electron chi connectivity index (χ1n) is 7.09. The lowest BCUT2D eigenvalue weighted by Crippen LogP contribution is -2.44. The van der Waals surface area contributed by atoms with Crippen molar-refractivity contribution in [2.75, 3.05) is 26.7 Å². The van der Waals surface area contributed by atoms with E-state index in [-0.39, 0.29) is 24.3 Å². The topological polar surface area (TPSA) is 53.0 Å². The number of hydrogen-bond acceptors (Lipinski definition) is 4. The zero-order valence-electron chi connectivity index (χ0n) is 12.5. The minimum Gasteiger partial charge on any atom is -0.444 e. The lowest BCUT2D eigenvalue weighted by atomic mass is 10.2. The highest BCUT2D eigenvalue weighted by Crippen LogP contribution is 2.43. The molecule has 110 valence electrons. The van der Waals surface area contributed by atoms with E-state index in [1.54, 1.807) is 11.9 Å². The summed E-state index contributed by atoms with van der Waals surface area (Å²) in [5.74, 6) is 0. The second kappa shape index (κ2) is 4.94. The summed E-state index contributed by atoms with van der Waals surface area (Å²) in [6.45, 7) is 7.67. The van der Waals surface area contributed by atoms with Crippen molar-refractivity contribution in [2.24, 2.45) is 0 Å². The van der Waals surface area contributed by atoms with Crippen LogP contribution in [0.1, 0.15) is 40.0 Å². The Hall–Kier alpha value is -0.810. The van der Waals surface area contributed by atoms with Crippen molar-refractivity contribution >= 4 is 6.09 Å². The van der Waals surface area contributed by atoms with Gasteiger partial charge in [-0.05, 0) is 40.0 Å². The van der Waals surface area contributed by atoms with Crippen LogP contribution in [-0.4, -0.2) is 64.9 Å².